The topological polar surface area (TPSA) is 42.6 Å². The number of hydrogen-bond donors (Lipinski definition) is 1. The van der Waals surface area contributed by atoms with Crippen LogP contribution in [0.4, 0.5) is 0 Å². The van der Waals surface area contributed by atoms with Crippen molar-refractivity contribution in [1.29, 1.82) is 0 Å². The van der Waals surface area contributed by atoms with Crippen molar-refractivity contribution in [3.8, 4) is 5.75 Å². The van der Waals surface area contributed by atoms with E-state index in [2.05, 4.69) is 12.1 Å². The predicted molar refractivity (Wildman–Crippen MR) is 81.2 cm³/mol. The molecule has 4 heteroatoms. The highest BCUT2D eigenvalue weighted by Gasteiger charge is 2.13. The van der Waals surface area contributed by atoms with Crippen LogP contribution in [0, 0.1) is 0 Å². The van der Waals surface area contributed by atoms with Gasteiger partial charge in [-0.05, 0) is 23.6 Å². The molecule has 0 saturated carbocycles. The summed E-state index contributed by atoms with van der Waals surface area (Å²) in [4.78, 5) is 0. The average molecular weight is 262 g/mol. The van der Waals surface area contributed by atoms with E-state index >= 15 is 0 Å². The molecule has 96 valence electrons. The van der Waals surface area contributed by atoms with Crippen molar-refractivity contribution in [3.05, 3.63) is 54.6 Å². The minimum atomic E-state index is -0.348. The summed E-state index contributed by atoms with van der Waals surface area (Å²) in [7, 11) is -0.348. The Balaban J connectivity index is 2.19. The molecule has 0 aliphatic rings. The highest BCUT2D eigenvalue weighted by Crippen LogP contribution is 2.38. The first-order valence-electron chi connectivity index (χ1n) is 6.45. The van der Waals surface area contributed by atoms with Gasteiger partial charge < -0.3 is 14.1 Å². The molecule has 0 spiro atoms. The van der Waals surface area contributed by atoms with Crippen LogP contribution in [-0.2, 0) is 0 Å². The lowest BCUT2D eigenvalue weighted by atomic mass is 10.1. The van der Waals surface area contributed by atoms with Crippen LogP contribution >= 0.6 is 0 Å². The summed E-state index contributed by atoms with van der Waals surface area (Å²) >= 11 is 0. The summed E-state index contributed by atoms with van der Waals surface area (Å²) in [6.07, 6.45) is 0. The molecule has 20 heavy (non-hydrogen) atoms. The molecule has 0 saturated heterocycles. The molecule has 0 unspecified atom stereocenters. The SMILES string of the molecule is OBOc1cccc2oc3c4ccccc4ccc3c12. The van der Waals surface area contributed by atoms with Crippen molar-refractivity contribution >= 4 is 40.4 Å². The lowest BCUT2D eigenvalue weighted by Gasteiger charge is -2.03. The number of hydrogen-bond acceptors (Lipinski definition) is 3. The van der Waals surface area contributed by atoms with Gasteiger partial charge in [-0.15, -0.1) is 0 Å². The predicted octanol–water partition coefficient (Wildman–Crippen LogP) is 3.38. The summed E-state index contributed by atoms with van der Waals surface area (Å²) in [5.41, 5.74) is 1.62. The minimum absolute atomic E-state index is 0.348. The van der Waals surface area contributed by atoms with E-state index in [-0.39, 0.29) is 7.69 Å². The highest BCUT2D eigenvalue weighted by atomic mass is 16.5. The van der Waals surface area contributed by atoms with Crippen molar-refractivity contribution in [2.75, 3.05) is 0 Å². The van der Waals surface area contributed by atoms with Gasteiger partial charge in [-0.2, -0.15) is 0 Å². The lowest BCUT2D eigenvalue weighted by Crippen LogP contribution is -1.99. The molecular formula is C16H11BO3. The summed E-state index contributed by atoms with van der Waals surface area (Å²) in [5, 5.41) is 13.1. The van der Waals surface area contributed by atoms with E-state index in [9.17, 15) is 0 Å². The molecule has 1 N–H and O–H groups in total. The van der Waals surface area contributed by atoms with Gasteiger partial charge in [0.15, 0.2) is 0 Å². The Bertz CT molecular complexity index is 927. The fourth-order valence-electron chi connectivity index (χ4n) is 2.71. The van der Waals surface area contributed by atoms with Crippen LogP contribution in [0.25, 0.3) is 32.7 Å². The van der Waals surface area contributed by atoms with Gasteiger partial charge in [0.1, 0.15) is 16.9 Å². The Morgan fingerprint density at radius 2 is 1.80 bits per heavy atom. The second kappa shape index (κ2) is 4.29. The fourth-order valence-corrected chi connectivity index (χ4v) is 2.71. The number of rotatable bonds is 2. The van der Waals surface area contributed by atoms with Gasteiger partial charge in [0.2, 0.25) is 0 Å². The molecule has 0 amide bonds. The van der Waals surface area contributed by atoms with E-state index < -0.39 is 0 Å². The molecule has 4 rings (SSSR count). The maximum absolute atomic E-state index is 9.01. The fraction of sp³-hybridized carbons (Fsp3) is 0. The zero-order valence-corrected chi connectivity index (χ0v) is 10.7. The number of benzene rings is 3. The van der Waals surface area contributed by atoms with Crippen molar-refractivity contribution in [1.82, 2.24) is 0 Å². The molecule has 3 nitrogen and oxygen atoms in total. The standard InChI is InChI=1S/C16H11BO3/c18-17-20-14-7-3-6-13-15(14)12-9-8-10-4-1-2-5-11(10)16(12)19-13/h1-9,17-18H. The molecule has 0 atom stereocenters. The Morgan fingerprint density at radius 3 is 2.70 bits per heavy atom. The molecule has 0 radical (unpaired) electrons. The second-order valence-corrected chi connectivity index (χ2v) is 4.67. The van der Waals surface area contributed by atoms with Crippen LogP contribution in [0.3, 0.4) is 0 Å². The Kier molecular flexibility index (Phi) is 2.44. The molecule has 0 bridgehead atoms. The van der Waals surface area contributed by atoms with Crippen LogP contribution in [0.2, 0.25) is 0 Å². The second-order valence-electron chi connectivity index (χ2n) is 4.67. The van der Waals surface area contributed by atoms with E-state index in [1.807, 2.05) is 42.5 Å². The van der Waals surface area contributed by atoms with Crippen molar-refractivity contribution in [2.45, 2.75) is 0 Å². The van der Waals surface area contributed by atoms with E-state index in [4.69, 9.17) is 14.1 Å². The zero-order chi connectivity index (χ0) is 13.5. The monoisotopic (exact) mass is 262 g/mol. The summed E-state index contributed by atoms with van der Waals surface area (Å²) in [6.45, 7) is 0. The van der Waals surface area contributed by atoms with Crippen LogP contribution in [0.5, 0.6) is 5.75 Å². The van der Waals surface area contributed by atoms with Gasteiger partial charge in [-0.25, -0.2) is 0 Å². The van der Waals surface area contributed by atoms with Gasteiger partial charge >= 0.3 is 7.69 Å². The van der Waals surface area contributed by atoms with Crippen molar-refractivity contribution in [3.63, 3.8) is 0 Å². The molecule has 0 aliphatic heterocycles. The number of furan rings is 1. The summed E-state index contributed by atoms with van der Waals surface area (Å²) in [6, 6.07) is 17.8. The van der Waals surface area contributed by atoms with Crippen molar-refractivity contribution < 1.29 is 14.1 Å². The third-order valence-corrected chi connectivity index (χ3v) is 3.57. The average Bonchev–Trinajstić information content (AvgIpc) is 2.87. The van der Waals surface area contributed by atoms with Crippen LogP contribution < -0.4 is 4.65 Å². The van der Waals surface area contributed by atoms with Crippen LogP contribution in [0.15, 0.2) is 59.0 Å². The first-order valence-corrected chi connectivity index (χ1v) is 6.45. The number of fused-ring (bicyclic) bond motifs is 5. The highest BCUT2D eigenvalue weighted by molar-refractivity contribution is 6.21. The molecular weight excluding hydrogens is 251 g/mol. The van der Waals surface area contributed by atoms with Gasteiger partial charge in [0.05, 0.1) is 5.39 Å². The van der Waals surface area contributed by atoms with Crippen LogP contribution in [-0.4, -0.2) is 12.7 Å². The zero-order valence-electron chi connectivity index (χ0n) is 10.7. The summed E-state index contributed by atoms with van der Waals surface area (Å²) < 4.78 is 11.3. The van der Waals surface area contributed by atoms with E-state index in [1.165, 1.54) is 0 Å². The summed E-state index contributed by atoms with van der Waals surface area (Å²) in [5.74, 6) is 0.638. The quantitative estimate of drug-likeness (QED) is 0.563. The van der Waals surface area contributed by atoms with Crippen molar-refractivity contribution in [2.24, 2.45) is 0 Å². The molecule has 1 heterocycles. The lowest BCUT2D eigenvalue weighted by molar-refractivity contribution is 0.456. The first kappa shape index (κ1) is 11.4. The van der Waals surface area contributed by atoms with E-state index in [0.29, 0.717) is 5.75 Å². The van der Waals surface area contributed by atoms with Gasteiger partial charge in [-0.3, -0.25) is 0 Å². The Labute approximate surface area is 115 Å². The normalized spacial score (nSPS) is 11.2. The van der Waals surface area contributed by atoms with Gasteiger partial charge in [0, 0.05) is 10.8 Å². The minimum Gasteiger partial charge on any atom is -0.538 e. The van der Waals surface area contributed by atoms with Gasteiger partial charge in [-0.1, -0.05) is 36.4 Å². The molecule has 3 aromatic carbocycles. The smallest absolute Gasteiger partial charge is 0.504 e. The largest absolute Gasteiger partial charge is 0.538 e. The Hall–Kier alpha value is -2.46. The maximum atomic E-state index is 9.01. The molecule has 1 aromatic heterocycles. The van der Waals surface area contributed by atoms with E-state index in [1.54, 1.807) is 0 Å². The third-order valence-electron chi connectivity index (χ3n) is 3.57. The molecule has 4 aromatic rings. The third kappa shape index (κ3) is 1.52. The first-order chi connectivity index (χ1) is 9.88. The maximum Gasteiger partial charge on any atom is 0.504 e. The Morgan fingerprint density at radius 1 is 0.900 bits per heavy atom. The molecule has 0 aliphatic carbocycles. The van der Waals surface area contributed by atoms with Crippen LogP contribution in [0.1, 0.15) is 0 Å². The van der Waals surface area contributed by atoms with E-state index in [0.717, 1.165) is 32.7 Å². The van der Waals surface area contributed by atoms with Gasteiger partial charge in [0.25, 0.3) is 0 Å². The molecule has 0 fully saturated rings.